The van der Waals surface area contributed by atoms with Crippen molar-refractivity contribution in [3.8, 4) is 0 Å². The van der Waals surface area contributed by atoms with Crippen molar-refractivity contribution >= 4 is 5.91 Å². The van der Waals surface area contributed by atoms with E-state index < -0.39 is 11.9 Å². The molecule has 2 atom stereocenters. The third-order valence-electron chi connectivity index (χ3n) is 4.60. The molecule has 25 heavy (non-hydrogen) atoms. The summed E-state index contributed by atoms with van der Waals surface area (Å²) in [6.45, 7) is 3.77. The topological polar surface area (TPSA) is 88.5 Å². The van der Waals surface area contributed by atoms with Crippen LogP contribution < -0.4 is 5.73 Å². The van der Waals surface area contributed by atoms with Crippen molar-refractivity contribution in [2.45, 2.75) is 32.0 Å². The number of primary amides is 1. The Balaban J connectivity index is 1.67. The monoisotopic (exact) mass is 347 g/mol. The molecule has 1 aromatic heterocycles. The number of halogens is 1. The van der Waals surface area contributed by atoms with Gasteiger partial charge in [0.2, 0.25) is 11.8 Å². The van der Waals surface area contributed by atoms with Crippen LogP contribution in [-0.4, -0.2) is 52.0 Å². The van der Waals surface area contributed by atoms with Gasteiger partial charge >= 0.3 is 0 Å². The Morgan fingerprint density at radius 3 is 2.80 bits per heavy atom. The second-order valence-electron chi connectivity index (χ2n) is 6.44. The number of aromatic nitrogens is 2. The number of amides is 1. The van der Waals surface area contributed by atoms with Gasteiger partial charge in [0.1, 0.15) is 11.9 Å². The molecule has 1 amide bonds. The Morgan fingerprint density at radius 1 is 1.48 bits per heavy atom. The molecule has 8 heteroatoms. The number of benzene rings is 1. The lowest BCUT2D eigenvalue weighted by atomic mass is 10.1. The van der Waals surface area contributed by atoms with Crippen molar-refractivity contribution in [3.05, 3.63) is 47.4 Å². The Bertz CT molecular complexity index is 733. The fourth-order valence-electron chi connectivity index (χ4n) is 3.32. The molecule has 0 saturated carbocycles. The van der Waals surface area contributed by atoms with Gasteiger partial charge < -0.3 is 10.3 Å². The lowest BCUT2D eigenvalue weighted by Crippen LogP contribution is -2.39. The SMILES string of the molecule is Cc1nc(CN(C)[C@H]2CCN([C@H](C(N)=O)c3ccc(F)cc3)C2)no1. The van der Waals surface area contributed by atoms with Crippen molar-refractivity contribution < 1.29 is 13.7 Å². The second-order valence-corrected chi connectivity index (χ2v) is 6.44. The highest BCUT2D eigenvalue weighted by Crippen LogP contribution is 2.27. The molecule has 3 rings (SSSR count). The summed E-state index contributed by atoms with van der Waals surface area (Å²) >= 11 is 0. The Labute approximate surface area is 145 Å². The summed E-state index contributed by atoms with van der Waals surface area (Å²) in [6.07, 6.45) is 0.901. The summed E-state index contributed by atoms with van der Waals surface area (Å²) in [5, 5.41) is 3.91. The molecule has 134 valence electrons. The first-order chi connectivity index (χ1) is 11.9. The summed E-state index contributed by atoms with van der Waals surface area (Å²) in [5.74, 6) is 0.426. The smallest absolute Gasteiger partial charge is 0.239 e. The minimum absolute atomic E-state index is 0.251. The molecular weight excluding hydrogens is 325 g/mol. The van der Waals surface area contributed by atoms with Crippen LogP contribution in [0.4, 0.5) is 4.39 Å². The summed E-state index contributed by atoms with van der Waals surface area (Å²) in [6, 6.07) is 5.63. The summed E-state index contributed by atoms with van der Waals surface area (Å²) in [4.78, 5) is 20.4. The third kappa shape index (κ3) is 4.02. The number of carbonyl (C=O) groups is 1. The molecule has 1 aliphatic heterocycles. The van der Waals surface area contributed by atoms with Crippen LogP contribution in [0.3, 0.4) is 0 Å². The molecule has 1 aliphatic rings. The molecule has 1 saturated heterocycles. The largest absolute Gasteiger partial charge is 0.368 e. The first-order valence-corrected chi connectivity index (χ1v) is 8.22. The number of nitrogens with two attached hydrogens (primary N) is 1. The molecule has 1 aromatic carbocycles. The third-order valence-corrected chi connectivity index (χ3v) is 4.60. The maximum Gasteiger partial charge on any atom is 0.239 e. The highest BCUT2D eigenvalue weighted by Gasteiger charge is 2.34. The average molecular weight is 347 g/mol. The zero-order chi connectivity index (χ0) is 18.0. The van der Waals surface area contributed by atoms with E-state index in [1.54, 1.807) is 19.1 Å². The number of likely N-dealkylation sites (N-methyl/N-ethyl adjacent to an activating group) is 1. The minimum Gasteiger partial charge on any atom is -0.368 e. The minimum atomic E-state index is -0.550. The highest BCUT2D eigenvalue weighted by atomic mass is 19.1. The Hall–Kier alpha value is -2.32. The van der Waals surface area contributed by atoms with Crippen LogP contribution in [0.1, 0.15) is 29.7 Å². The van der Waals surface area contributed by atoms with Gasteiger partial charge in [-0.2, -0.15) is 4.98 Å². The van der Waals surface area contributed by atoms with E-state index in [9.17, 15) is 9.18 Å². The van der Waals surface area contributed by atoms with Gasteiger partial charge in [0.05, 0.1) is 6.54 Å². The fourth-order valence-corrected chi connectivity index (χ4v) is 3.32. The Morgan fingerprint density at radius 2 is 2.20 bits per heavy atom. The van der Waals surface area contributed by atoms with E-state index in [0.717, 1.165) is 13.0 Å². The quantitative estimate of drug-likeness (QED) is 0.846. The van der Waals surface area contributed by atoms with Gasteiger partial charge in [-0.15, -0.1) is 0 Å². The predicted octanol–water partition coefficient (Wildman–Crippen LogP) is 1.25. The van der Waals surface area contributed by atoms with Crippen LogP contribution in [0.15, 0.2) is 28.8 Å². The van der Waals surface area contributed by atoms with Gasteiger partial charge in [0.25, 0.3) is 0 Å². The first-order valence-electron chi connectivity index (χ1n) is 8.22. The van der Waals surface area contributed by atoms with Gasteiger partial charge in [0, 0.05) is 26.1 Å². The molecule has 2 aromatic rings. The van der Waals surface area contributed by atoms with Crippen molar-refractivity contribution in [2.24, 2.45) is 5.73 Å². The van der Waals surface area contributed by atoms with Crippen LogP contribution in [0.25, 0.3) is 0 Å². The number of carbonyl (C=O) groups excluding carboxylic acids is 1. The molecular formula is C17H22FN5O2. The Kier molecular flexibility index (Phi) is 5.10. The predicted molar refractivity (Wildman–Crippen MR) is 88.8 cm³/mol. The number of aryl methyl sites for hydroxylation is 1. The normalized spacial score (nSPS) is 19.4. The van der Waals surface area contributed by atoms with Gasteiger partial charge in [-0.25, -0.2) is 4.39 Å². The first kappa shape index (κ1) is 17.5. The molecule has 7 nitrogen and oxygen atoms in total. The van der Waals surface area contributed by atoms with E-state index >= 15 is 0 Å². The maximum absolute atomic E-state index is 13.1. The van der Waals surface area contributed by atoms with Gasteiger partial charge in [-0.1, -0.05) is 17.3 Å². The molecule has 1 fully saturated rings. The van der Waals surface area contributed by atoms with Crippen LogP contribution in [0.5, 0.6) is 0 Å². The van der Waals surface area contributed by atoms with Crippen molar-refractivity contribution in [1.82, 2.24) is 19.9 Å². The zero-order valence-corrected chi connectivity index (χ0v) is 14.4. The van der Waals surface area contributed by atoms with Gasteiger partial charge in [-0.3, -0.25) is 14.6 Å². The van der Waals surface area contributed by atoms with Crippen LogP contribution in [0.2, 0.25) is 0 Å². The summed E-state index contributed by atoms with van der Waals surface area (Å²) in [5.41, 5.74) is 6.33. The number of nitrogens with zero attached hydrogens (tertiary/aromatic N) is 4. The van der Waals surface area contributed by atoms with Crippen molar-refractivity contribution in [2.75, 3.05) is 20.1 Å². The molecule has 0 unspecified atom stereocenters. The summed E-state index contributed by atoms with van der Waals surface area (Å²) in [7, 11) is 2.00. The van der Waals surface area contributed by atoms with E-state index in [4.69, 9.17) is 10.3 Å². The van der Waals surface area contributed by atoms with Crippen LogP contribution in [0, 0.1) is 12.7 Å². The number of likely N-dealkylation sites (tertiary alicyclic amines) is 1. The van der Waals surface area contributed by atoms with Gasteiger partial charge in [0.15, 0.2) is 5.82 Å². The number of rotatable bonds is 6. The second kappa shape index (κ2) is 7.28. The number of hydrogen-bond donors (Lipinski definition) is 1. The lowest BCUT2D eigenvalue weighted by molar-refractivity contribution is -0.123. The van der Waals surface area contributed by atoms with Crippen molar-refractivity contribution in [3.63, 3.8) is 0 Å². The maximum atomic E-state index is 13.1. The highest BCUT2D eigenvalue weighted by molar-refractivity contribution is 5.81. The van der Waals surface area contributed by atoms with E-state index in [-0.39, 0.29) is 11.9 Å². The molecule has 0 spiro atoms. The van der Waals surface area contributed by atoms with Crippen molar-refractivity contribution in [1.29, 1.82) is 0 Å². The van der Waals surface area contributed by atoms with Gasteiger partial charge in [-0.05, 0) is 31.2 Å². The molecule has 0 radical (unpaired) electrons. The lowest BCUT2D eigenvalue weighted by Gasteiger charge is -2.27. The number of hydrogen-bond acceptors (Lipinski definition) is 6. The molecule has 2 N–H and O–H groups in total. The standard InChI is InChI=1S/C17H22FN5O2/c1-11-20-15(21-25-11)10-22(2)14-7-8-23(9-14)16(17(19)24)12-3-5-13(18)6-4-12/h3-6,14,16H,7-10H2,1-2H3,(H2,19,24)/t14-,16-/m0/s1. The fraction of sp³-hybridized carbons (Fsp3) is 0.471. The average Bonchev–Trinajstić information content (AvgIpc) is 3.19. The summed E-state index contributed by atoms with van der Waals surface area (Å²) < 4.78 is 18.1. The van der Waals surface area contributed by atoms with E-state index in [1.807, 2.05) is 11.9 Å². The molecule has 2 heterocycles. The van der Waals surface area contributed by atoms with E-state index in [2.05, 4.69) is 15.0 Å². The van der Waals surface area contributed by atoms with E-state index in [0.29, 0.717) is 30.4 Å². The van der Waals surface area contributed by atoms with Crippen LogP contribution >= 0.6 is 0 Å². The van der Waals surface area contributed by atoms with Crippen LogP contribution in [-0.2, 0) is 11.3 Å². The molecule has 0 bridgehead atoms. The van der Waals surface area contributed by atoms with E-state index in [1.165, 1.54) is 12.1 Å². The molecule has 0 aliphatic carbocycles. The zero-order valence-electron chi connectivity index (χ0n) is 14.4.